The molecule has 0 saturated carbocycles. The summed E-state index contributed by atoms with van der Waals surface area (Å²) in [5, 5.41) is 3.30. The van der Waals surface area contributed by atoms with E-state index in [1.54, 1.807) is 11.3 Å². The first kappa shape index (κ1) is 14.4. The summed E-state index contributed by atoms with van der Waals surface area (Å²) in [5.41, 5.74) is 2.54. The molecule has 0 aliphatic carbocycles. The molecular weight excluding hydrogens is 316 g/mol. The molecule has 0 radical (unpaired) electrons. The van der Waals surface area contributed by atoms with Gasteiger partial charge in [-0.15, -0.1) is 11.3 Å². The number of rotatable bonds is 3. The number of nitrogens with zero attached hydrogens (tertiary/aromatic N) is 4. The lowest BCUT2D eigenvalue weighted by Crippen LogP contribution is -2.28. The number of aromatic nitrogens is 3. The molecule has 3 aromatic rings. The van der Waals surface area contributed by atoms with Crippen LogP contribution in [0.1, 0.15) is 10.8 Å². The lowest BCUT2D eigenvalue weighted by atomic mass is 9.89. The predicted octanol–water partition coefficient (Wildman–Crippen LogP) is 3.31. The van der Waals surface area contributed by atoms with Crippen LogP contribution in [0.15, 0.2) is 48.1 Å². The first-order valence-electron chi connectivity index (χ1n) is 8.57. The van der Waals surface area contributed by atoms with Crippen LogP contribution in [0.3, 0.4) is 0 Å². The molecule has 122 valence electrons. The van der Waals surface area contributed by atoms with E-state index in [0.717, 1.165) is 31.3 Å². The molecule has 0 bridgehead atoms. The van der Waals surface area contributed by atoms with Crippen molar-refractivity contribution in [3.63, 3.8) is 0 Å². The topological polar surface area (TPSA) is 34.0 Å². The maximum Gasteiger partial charge on any atom is 0.109 e. The third kappa shape index (κ3) is 2.48. The molecule has 5 rings (SSSR count). The van der Waals surface area contributed by atoms with Crippen LogP contribution < -0.4 is 0 Å². The average molecular weight is 336 g/mol. The Morgan fingerprint density at radius 3 is 2.75 bits per heavy atom. The Kier molecular flexibility index (Phi) is 3.49. The molecule has 2 aliphatic heterocycles. The Morgan fingerprint density at radius 2 is 1.92 bits per heavy atom. The molecule has 4 heterocycles. The van der Waals surface area contributed by atoms with Gasteiger partial charge in [0.25, 0.3) is 0 Å². The van der Waals surface area contributed by atoms with Gasteiger partial charge in [-0.2, -0.15) is 0 Å². The Morgan fingerprint density at radius 1 is 1.04 bits per heavy atom. The fraction of sp³-hybridized carbons (Fsp3) is 0.368. The molecule has 5 heteroatoms. The van der Waals surface area contributed by atoms with E-state index in [2.05, 4.69) is 56.4 Å². The smallest absolute Gasteiger partial charge is 0.109 e. The van der Waals surface area contributed by atoms with E-state index in [-0.39, 0.29) is 0 Å². The minimum Gasteiger partial charge on any atom is -0.328 e. The quantitative estimate of drug-likeness (QED) is 0.736. The minimum absolute atomic E-state index is 0.731. The SMILES string of the molecule is c1ccc(-c2cnc3n2C[C@H]2CN(Cc4nccs4)C[C@H]2C3)cc1. The monoisotopic (exact) mass is 336 g/mol. The van der Waals surface area contributed by atoms with E-state index >= 15 is 0 Å². The summed E-state index contributed by atoms with van der Waals surface area (Å²) in [6.07, 6.45) is 5.07. The van der Waals surface area contributed by atoms with Crippen molar-refractivity contribution in [1.82, 2.24) is 19.4 Å². The molecule has 24 heavy (non-hydrogen) atoms. The second kappa shape index (κ2) is 5.83. The summed E-state index contributed by atoms with van der Waals surface area (Å²) in [5.74, 6) is 2.73. The van der Waals surface area contributed by atoms with E-state index in [1.807, 2.05) is 6.20 Å². The lowest BCUT2D eigenvalue weighted by molar-refractivity contribution is 0.306. The van der Waals surface area contributed by atoms with Crippen LogP contribution in [0.25, 0.3) is 11.3 Å². The highest BCUT2D eigenvalue weighted by molar-refractivity contribution is 7.09. The molecule has 1 saturated heterocycles. The molecular formula is C19H20N4S. The Balaban J connectivity index is 1.37. The van der Waals surface area contributed by atoms with Gasteiger partial charge >= 0.3 is 0 Å². The Bertz CT molecular complexity index is 824. The predicted molar refractivity (Wildman–Crippen MR) is 95.7 cm³/mol. The van der Waals surface area contributed by atoms with E-state index < -0.39 is 0 Å². The Hall–Kier alpha value is -1.98. The largest absolute Gasteiger partial charge is 0.328 e. The van der Waals surface area contributed by atoms with Gasteiger partial charge in [-0.3, -0.25) is 4.90 Å². The van der Waals surface area contributed by atoms with Crippen molar-refractivity contribution < 1.29 is 0 Å². The molecule has 1 aromatic carbocycles. The number of fused-ring (bicyclic) bond motifs is 2. The summed E-state index contributed by atoms with van der Waals surface area (Å²) in [6.45, 7) is 4.45. The Labute approximate surface area is 145 Å². The average Bonchev–Trinajstić information content (AvgIpc) is 3.32. The number of likely N-dealkylation sites (tertiary alicyclic amines) is 1. The molecule has 2 aliphatic rings. The fourth-order valence-electron chi connectivity index (χ4n) is 4.21. The second-order valence-corrected chi connectivity index (χ2v) is 7.86. The zero-order chi connectivity index (χ0) is 15.9. The highest BCUT2D eigenvalue weighted by atomic mass is 32.1. The second-order valence-electron chi connectivity index (χ2n) is 6.88. The van der Waals surface area contributed by atoms with Gasteiger partial charge in [0.2, 0.25) is 0 Å². The summed E-state index contributed by atoms with van der Waals surface area (Å²) in [7, 11) is 0. The van der Waals surface area contributed by atoms with Gasteiger partial charge in [0.15, 0.2) is 0 Å². The standard InChI is InChI=1S/C19H20N4S/c1-2-4-14(5-3-1)17-9-21-18-8-15-10-22(11-16(15)12-23(17)18)13-19-20-6-7-24-19/h1-7,9,15-16H,8,10-13H2/t15-,16-/m1/s1. The van der Waals surface area contributed by atoms with Gasteiger partial charge in [-0.1, -0.05) is 30.3 Å². The highest BCUT2D eigenvalue weighted by Crippen LogP contribution is 2.35. The highest BCUT2D eigenvalue weighted by Gasteiger charge is 2.38. The minimum atomic E-state index is 0.731. The van der Waals surface area contributed by atoms with E-state index in [9.17, 15) is 0 Å². The van der Waals surface area contributed by atoms with Crippen LogP contribution in [-0.2, 0) is 19.5 Å². The summed E-state index contributed by atoms with van der Waals surface area (Å²) >= 11 is 1.76. The first-order chi connectivity index (χ1) is 11.9. The maximum absolute atomic E-state index is 4.73. The molecule has 0 unspecified atom stereocenters. The number of thiazole rings is 1. The number of benzene rings is 1. The van der Waals surface area contributed by atoms with Gasteiger partial charge in [-0.25, -0.2) is 9.97 Å². The number of hydrogen-bond donors (Lipinski definition) is 0. The van der Waals surface area contributed by atoms with Crippen molar-refractivity contribution in [2.75, 3.05) is 13.1 Å². The first-order valence-corrected chi connectivity index (χ1v) is 9.45. The van der Waals surface area contributed by atoms with E-state index in [0.29, 0.717) is 0 Å². The van der Waals surface area contributed by atoms with Crippen LogP contribution in [0.4, 0.5) is 0 Å². The summed E-state index contributed by atoms with van der Waals surface area (Å²) < 4.78 is 2.45. The zero-order valence-electron chi connectivity index (χ0n) is 13.5. The van der Waals surface area contributed by atoms with Gasteiger partial charge in [0.1, 0.15) is 10.8 Å². The summed E-state index contributed by atoms with van der Waals surface area (Å²) in [6, 6.07) is 10.6. The third-order valence-corrected chi connectivity index (χ3v) is 6.13. The molecule has 4 nitrogen and oxygen atoms in total. The normalized spacial score (nSPS) is 23.2. The van der Waals surface area contributed by atoms with Gasteiger partial charge in [0, 0.05) is 37.6 Å². The molecule has 0 spiro atoms. The van der Waals surface area contributed by atoms with Crippen LogP contribution in [0.2, 0.25) is 0 Å². The van der Waals surface area contributed by atoms with Gasteiger partial charge < -0.3 is 4.57 Å². The van der Waals surface area contributed by atoms with Crippen LogP contribution in [0, 0.1) is 11.8 Å². The lowest BCUT2D eigenvalue weighted by Gasteiger charge is -2.27. The third-order valence-electron chi connectivity index (χ3n) is 5.36. The molecule has 1 fully saturated rings. The molecule has 0 N–H and O–H groups in total. The van der Waals surface area contributed by atoms with Crippen molar-refractivity contribution >= 4 is 11.3 Å². The maximum atomic E-state index is 4.73. The van der Waals surface area contributed by atoms with E-state index in [1.165, 1.54) is 35.2 Å². The van der Waals surface area contributed by atoms with Gasteiger partial charge in [0.05, 0.1) is 18.4 Å². The molecule has 2 aromatic heterocycles. The number of imidazole rings is 1. The van der Waals surface area contributed by atoms with Gasteiger partial charge in [-0.05, 0) is 17.4 Å². The summed E-state index contributed by atoms with van der Waals surface area (Å²) in [4.78, 5) is 11.7. The van der Waals surface area contributed by atoms with Crippen molar-refractivity contribution in [3.8, 4) is 11.3 Å². The van der Waals surface area contributed by atoms with Crippen LogP contribution >= 0.6 is 11.3 Å². The molecule has 0 amide bonds. The number of hydrogen-bond acceptors (Lipinski definition) is 4. The van der Waals surface area contributed by atoms with Crippen molar-refractivity contribution in [2.45, 2.75) is 19.5 Å². The fourth-order valence-corrected chi connectivity index (χ4v) is 4.87. The zero-order valence-corrected chi connectivity index (χ0v) is 14.3. The van der Waals surface area contributed by atoms with Crippen molar-refractivity contribution in [2.24, 2.45) is 11.8 Å². The van der Waals surface area contributed by atoms with Crippen LogP contribution in [-0.4, -0.2) is 32.5 Å². The van der Waals surface area contributed by atoms with Crippen LogP contribution in [0.5, 0.6) is 0 Å². The van der Waals surface area contributed by atoms with Crippen molar-refractivity contribution in [1.29, 1.82) is 0 Å². The molecule has 2 atom stereocenters. The van der Waals surface area contributed by atoms with Crippen molar-refractivity contribution in [3.05, 3.63) is 58.9 Å². The van der Waals surface area contributed by atoms with E-state index in [4.69, 9.17) is 4.98 Å².